The average molecular weight is 225 g/mol. The van der Waals surface area contributed by atoms with Crippen LogP contribution in [0.2, 0.25) is 0 Å². The highest BCUT2D eigenvalue weighted by atomic mass is 35.5. The van der Waals surface area contributed by atoms with Gasteiger partial charge in [0.2, 0.25) is 0 Å². The van der Waals surface area contributed by atoms with E-state index in [1.165, 1.54) is 11.1 Å². The summed E-state index contributed by atoms with van der Waals surface area (Å²) in [5.41, 5.74) is 2.94. The first kappa shape index (κ1) is 8.81. The monoisotopic (exact) mass is 224 g/mol. The summed E-state index contributed by atoms with van der Waals surface area (Å²) in [6.45, 7) is 0.993. The van der Waals surface area contributed by atoms with Gasteiger partial charge < -0.3 is 0 Å². The van der Waals surface area contributed by atoms with Crippen molar-refractivity contribution in [3.8, 4) is 0 Å². The summed E-state index contributed by atoms with van der Waals surface area (Å²) < 4.78 is 3.30. The molecule has 0 unspecified atom stereocenters. The van der Waals surface area contributed by atoms with Crippen molar-refractivity contribution < 1.29 is 4.58 Å². The third-order valence-electron chi connectivity index (χ3n) is 2.98. The molecule has 3 rings (SSSR count). The van der Waals surface area contributed by atoms with E-state index in [-0.39, 0.29) is 0 Å². The average Bonchev–Trinajstić information content (AvgIpc) is 2.57. The molecule has 72 valence electrons. The first-order valence-electron chi connectivity index (χ1n) is 4.83. The molecule has 0 saturated heterocycles. The Morgan fingerprint density at radius 2 is 2.07 bits per heavy atom. The van der Waals surface area contributed by atoms with E-state index in [0.29, 0.717) is 6.04 Å². The van der Waals surface area contributed by atoms with E-state index in [9.17, 15) is 0 Å². The lowest BCUT2D eigenvalue weighted by atomic mass is 9.96. The minimum Gasteiger partial charge on any atom is -0.206 e. The zero-order valence-corrected chi connectivity index (χ0v) is 9.31. The van der Waals surface area contributed by atoms with Gasteiger partial charge in [-0.05, 0) is 28.9 Å². The first-order chi connectivity index (χ1) is 6.84. The molecule has 0 N–H and O–H groups in total. The zero-order chi connectivity index (χ0) is 9.54. The number of halogens is 1. The maximum absolute atomic E-state index is 6.16. The van der Waals surface area contributed by atoms with Gasteiger partial charge in [0, 0.05) is 12.0 Å². The SMILES string of the molecule is ClC1=[N+]2Cc3ccccc3C[C@H]2CS1. The Bertz CT molecular complexity index is 414. The van der Waals surface area contributed by atoms with Crippen LogP contribution in [0.5, 0.6) is 0 Å². The molecule has 0 aliphatic carbocycles. The smallest absolute Gasteiger partial charge is 0.206 e. The van der Waals surface area contributed by atoms with Gasteiger partial charge in [0.05, 0.1) is 5.75 Å². The Morgan fingerprint density at radius 1 is 1.29 bits per heavy atom. The van der Waals surface area contributed by atoms with Crippen LogP contribution in [-0.4, -0.2) is 20.9 Å². The molecule has 0 spiro atoms. The molecule has 1 atom stereocenters. The van der Waals surface area contributed by atoms with E-state index in [4.69, 9.17) is 11.6 Å². The maximum atomic E-state index is 6.16. The van der Waals surface area contributed by atoms with Crippen LogP contribution < -0.4 is 0 Å². The lowest BCUT2D eigenvalue weighted by Gasteiger charge is -2.18. The maximum Gasteiger partial charge on any atom is 0.306 e. The molecule has 2 heterocycles. The van der Waals surface area contributed by atoms with Gasteiger partial charge in [-0.1, -0.05) is 24.3 Å². The van der Waals surface area contributed by atoms with Crippen LogP contribution in [0.25, 0.3) is 0 Å². The molecule has 0 amide bonds. The van der Waals surface area contributed by atoms with Crippen LogP contribution in [0.4, 0.5) is 0 Å². The minimum atomic E-state index is 0.627. The van der Waals surface area contributed by atoms with Crippen LogP contribution in [0.3, 0.4) is 0 Å². The fourth-order valence-electron chi connectivity index (χ4n) is 2.19. The number of benzene rings is 1. The van der Waals surface area contributed by atoms with Crippen molar-refractivity contribution >= 4 is 27.9 Å². The van der Waals surface area contributed by atoms with Crippen molar-refractivity contribution in [2.75, 3.05) is 5.75 Å². The highest BCUT2D eigenvalue weighted by Gasteiger charge is 2.36. The van der Waals surface area contributed by atoms with Gasteiger partial charge in [-0.2, -0.15) is 0 Å². The van der Waals surface area contributed by atoms with E-state index >= 15 is 0 Å². The fraction of sp³-hybridized carbons (Fsp3) is 0.364. The summed E-state index contributed by atoms with van der Waals surface area (Å²) in [6.07, 6.45) is 1.15. The third kappa shape index (κ3) is 1.29. The lowest BCUT2D eigenvalue weighted by molar-refractivity contribution is -0.573. The zero-order valence-electron chi connectivity index (χ0n) is 7.74. The van der Waals surface area contributed by atoms with E-state index in [0.717, 1.165) is 23.2 Å². The summed E-state index contributed by atoms with van der Waals surface area (Å²) in [6, 6.07) is 9.31. The number of nitrogens with zero attached hydrogens (tertiary/aromatic N) is 1. The second-order valence-corrected chi connectivity index (χ2v) is 5.41. The summed E-state index contributed by atoms with van der Waals surface area (Å²) in [5, 5.41) is 0. The third-order valence-corrected chi connectivity index (χ3v) is 4.54. The van der Waals surface area contributed by atoms with Crippen molar-refractivity contribution in [2.24, 2.45) is 0 Å². The summed E-state index contributed by atoms with van der Waals surface area (Å²) in [7, 11) is 0. The molecule has 0 radical (unpaired) electrons. The summed E-state index contributed by atoms with van der Waals surface area (Å²) >= 11 is 7.94. The van der Waals surface area contributed by atoms with Gasteiger partial charge >= 0.3 is 4.50 Å². The Morgan fingerprint density at radius 3 is 2.93 bits per heavy atom. The number of thioether (sulfide) groups is 1. The molecule has 0 aromatic heterocycles. The molecule has 2 aliphatic heterocycles. The number of hydrogen-bond acceptors (Lipinski definition) is 1. The molecule has 14 heavy (non-hydrogen) atoms. The Kier molecular flexibility index (Phi) is 2.06. The van der Waals surface area contributed by atoms with Gasteiger partial charge in [-0.15, -0.1) is 0 Å². The van der Waals surface area contributed by atoms with E-state index in [1.54, 1.807) is 11.8 Å². The molecule has 0 fully saturated rings. The molecule has 1 aromatic rings. The second kappa shape index (κ2) is 3.28. The Hall–Kier alpha value is -0.470. The number of fused-ring (bicyclic) bond motifs is 2. The predicted octanol–water partition coefficient (Wildman–Crippen LogP) is 2.47. The largest absolute Gasteiger partial charge is 0.306 e. The van der Waals surface area contributed by atoms with Crippen molar-refractivity contribution in [3.05, 3.63) is 35.4 Å². The number of rotatable bonds is 0. The van der Waals surface area contributed by atoms with Crippen molar-refractivity contribution in [3.63, 3.8) is 0 Å². The highest BCUT2D eigenvalue weighted by molar-refractivity contribution is 8.16. The standard InChI is InChI=1S/C11H11ClNS/c12-11-13-6-9-4-2-1-3-8(9)5-10(13)7-14-11/h1-4,10H,5-7H2/q+1/t10-/m0/s1. The first-order valence-corrected chi connectivity index (χ1v) is 6.19. The molecule has 3 heteroatoms. The second-order valence-electron chi connectivity index (χ2n) is 3.82. The van der Waals surface area contributed by atoms with Gasteiger partial charge in [0.15, 0.2) is 12.6 Å². The normalized spacial score (nSPS) is 24.8. The van der Waals surface area contributed by atoms with E-state index < -0.39 is 0 Å². The molecule has 1 nitrogen and oxygen atoms in total. The van der Waals surface area contributed by atoms with Gasteiger partial charge in [-0.3, -0.25) is 0 Å². The summed E-state index contributed by atoms with van der Waals surface area (Å²) in [4.78, 5) is 0. The molecule has 0 saturated carbocycles. The van der Waals surface area contributed by atoms with Crippen LogP contribution >= 0.6 is 23.4 Å². The Labute approximate surface area is 92.8 Å². The summed E-state index contributed by atoms with van der Waals surface area (Å²) in [5.74, 6) is 1.15. The molecular weight excluding hydrogens is 214 g/mol. The molecular formula is C11H11ClNS+. The van der Waals surface area contributed by atoms with Crippen LogP contribution in [-0.2, 0) is 13.0 Å². The minimum absolute atomic E-state index is 0.627. The van der Waals surface area contributed by atoms with Gasteiger partial charge in [-0.25, -0.2) is 4.58 Å². The molecule has 0 bridgehead atoms. The topological polar surface area (TPSA) is 3.01 Å². The van der Waals surface area contributed by atoms with Crippen LogP contribution in [0.15, 0.2) is 24.3 Å². The molecule has 2 aliphatic rings. The Balaban J connectivity index is 2.05. The van der Waals surface area contributed by atoms with Crippen molar-refractivity contribution in [2.45, 2.75) is 19.0 Å². The molecule has 1 aromatic carbocycles. The van der Waals surface area contributed by atoms with E-state index in [1.807, 2.05) is 0 Å². The van der Waals surface area contributed by atoms with Crippen LogP contribution in [0, 0.1) is 0 Å². The lowest BCUT2D eigenvalue weighted by Crippen LogP contribution is -2.32. The van der Waals surface area contributed by atoms with Crippen molar-refractivity contribution in [1.82, 2.24) is 0 Å². The van der Waals surface area contributed by atoms with Gasteiger partial charge in [0.1, 0.15) is 0 Å². The van der Waals surface area contributed by atoms with Crippen LogP contribution in [0.1, 0.15) is 11.1 Å². The number of hydrogen-bond donors (Lipinski definition) is 0. The quantitative estimate of drug-likeness (QED) is 0.612. The van der Waals surface area contributed by atoms with Crippen molar-refractivity contribution in [1.29, 1.82) is 0 Å². The van der Waals surface area contributed by atoms with E-state index in [2.05, 4.69) is 28.8 Å². The highest BCUT2D eigenvalue weighted by Crippen LogP contribution is 2.29. The van der Waals surface area contributed by atoms with Gasteiger partial charge in [0.25, 0.3) is 0 Å². The fourth-order valence-corrected chi connectivity index (χ4v) is 3.58. The predicted molar refractivity (Wildman–Crippen MR) is 61.2 cm³/mol.